The van der Waals surface area contributed by atoms with Gasteiger partial charge in [-0.3, -0.25) is 4.79 Å². The van der Waals surface area contributed by atoms with Gasteiger partial charge in [-0.25, -0.2) is 0 Å². The summed E-state index contributed by atoms with van der Waals surface area (Å²) in [5.41, 5.74) is 6.99. The lowest BCUT2D eigenvalue weighted by molar-refractivity contribution is -0.132. The van der Waals surface area contributed by atoms with Crippen molar-refractivity contribution in [2.75, 3.05) is 19.7 Å². The van der Waals surface area contributed by atoms with Gasteiger partial charge in [-0.2, -0.15) is 0 Å². The van der Waals surface area contributed by atoms with Gasteiger partial charge in [-0.1, -0.05) is 12.1 Å². The molecule has 2 rings (SSSR count). The summed E-state index contributed by atoms with van der Waals surface area (Å²) in [5.74, 6) is 0.839. The molecule has 4 nitrogen and oxygen atoms in total. The van der Waals surface area contributed by atoms with Crippen molar-refractivity contribution in [3.05, 3.63) is 29.8 Å². The van der Waals surface area contributed by atoms with Crippen molar-refractivity contribution in [1.82, 2.24) is 4.90 Å². The topological polar surface area (TPSA) is 55.6 Å². The van der Waals surface area contributed by atoms with E-state index in [-0.39, 0.29) is 18.6 Å². The first-order valence-corrected chi connectivity index (χ1v) is 7.40. The van der Waals surface area contributed by atoms with Crippen LogP contribution in [0.1, 0.15) is 31.7 Å². The molecule has 1 aliphatic heterocycles. The van der Waals surface area contributed by atoms with Gasteiger partial charge in [0.2, 0.25) is 0 Å². The van der Waals surface area contributed by atoms with Gasteiger partial charge in [0.1, 0.15) is 5.75 Å². The van der Waals surface area contributed by atoms with Crippen LogP contribution < -0.4 is 10.5 Å². The molecular weight excluding hydrogens is 252 g/mol. The summed E-state index contributed by atoms with van der Waals surface area (Å²) in [6.45, 7) is 3.90. The van der Waals surface area contributed by atoms with Gasteiger partial charge in [0.05, 0.1) is 0 Å². The third-order valence-electron chi connectivity index (χ3n) is 3.63. The van der Waals surface area contributed by atoms with Gasteiger partial charge < -0.3 is 15.4 Å². The molecule has 0 saturated carbocycles. The minimum absolute atomic E-state index is 0.0866. The summed E-state index contributed by atoms with van der Waals surface area (Å²) >= 11 is 0. The van der Waals surface area contributed by atoms with Gasteiger partial charge in [0, 0.05) is 19.1 Å². The van der Waals surface area contributed by atoms with E-state index in [1.807, 2.05) is 36.1 Å². The Morgan fingerprint density at radius 3 is 2.55 bits per heavy atom. The van der Waals surface area contributed by atoms with E-state index in [0.29, 0.717) is 0 Å². The van der Waals surface area contributed by atoms with E-state index in [9.17, 15) is 4.79 Å². The molecule has 1 amide bonds. The SMILES string of the molecule is CC(N)CCc1ccc(OCC(=O)N2CCCC2)cc1. The predicted molar refractivity (Wildman–Crippen MR) is 79.7 cm³/mol. The molecule has 1 saturated heterocycles. The third kappa shape index (κ3) is 4.53. The van der Waals surface area contributed by atoms with Crippen molar-refractivity contribution in [2.45, 2.75) is 38.6 Å². The molecule has 0 bridgehead atoms. The Bertz CT molecular complexity index is 423. The number of rotatable bonds is 6. The molecule has 1 heterocycles. The molecule has 0 radical (unpaired) electrons. The van der Waals surface area contributed by atoms with E-state index in [4.69, 9.17) is 10.5 Å². The van der Waals surface area contributed by atoms with Crippen LogP contribution in [0.5, 0.6) is 5.75 Å². The Kier molecular flexibility index (Phi) is 5.41. The van der Waals surface area contributed by atoms with Crippen LogP contribution in [0.4, 0.5) is 0 Å². The number of aryl methyl sites for hydroxylation is 1. The monoisotopic (exact) mass is 276 g/mol. The summed E-state index contributed by atoms with van der Waals surface area (Å²) < 4.78 is 5.54. The highest BCUT2D eigenvalue weighted by Gasteiger charge is 2.17. The summed E-state index contributed by atoms with van der Waals surface area (Å²) in [4.78, 5) is 13.7. The fraction of sp³-hybridized carbons (Fsp3) is 0.562. The van der Waals surface area contributed by atoms with Gasteiger partial charge in [-0.05, 0) is 50.3 Å². The van der Waals surface area contributed by atoms with Crippen LogP contribution >= 0.6 is 0 Å². The highest BCUT2D eigenvalue weighted by Crippen LogP contribution is 2.14. The van der Waals surface area contributed by atoms with Crippen LogP contribution in [-0.4, -0.2) is 36.5 Å². The normalized spacial score (nSPS) is 16.2. The maximum Gasteiger partial charge on any atom is 0.260 e. The molecule has 1 atom stereocenters. The van der Waals surface area contributed by atoms with Crippen molar-refractivity contribution in [3.63, 3.8) is 0 Å². The van der Waals surface area contributed by atoms with E-state index in [2.05, 4.69) is 0 Å². The smallest absolute Gasteiger partial charge is 0.260 e. The van der Waals surface area contributed by atoms with Crippen LogP contribution in [0.15, 0.2) is 24.3 Å². The first kappa shape index (κ1) is 14.9. The Morgan fingerprint density at radius 2 is 1.95 bits per heavy atom. The second-order valence-corrected chi connectivity index (χ2v) is 5.54. The number of likely N-dealkylation sites (tertiary alicyclic amines) is 1. The second-order valence-electron chi connectivity index (χ2n) is 5.54. The standard InChI is InChI=1S/C16H24N2O2/c1-13(17)4-5-14-6-8-15(9-7-14)20-12-16(19)18-10-2-3-11-18/h6-9,13H,2-5,10-12,17H2,1H3. The van der Waals surface area contributed by atoms with E-state index in [1.54, 1.807) is 0 Å². The van der Waals surface area contributed by atoms with E-state index in [1.165, 1.54) is 5.56 Å². The number of benzene rings is 1. The first-order valence-electron chi connectivity index (χ1n) is 7.40. The molecule has 0 aliphatic carbocycles. The number of carbonyl (C=O) groups is 1. The van der Waals surface area contributed by atoms with Crippen molar-refractivity contribution in [1.29, 1.82) is 0 Å². The second kappa shape index (κ2) is 7.29. The molecule has 1 aliphatic rings. The molecule has 1 unspecified atom stereocenters. The van der Waals surface area contributed by atoms with Crippen LogP contribution in [0.2, 0.25) is 0 Å². The summed E-state index contributed by atoms with van der Waals surface area (Å²) in [6, 6.07) is 8.15. The van der Waals surface area contributed by atoms with Crippen molar-refractivity contribution in [3.8, 4) is 5.75 Å². The van der Waals surface area contributed by atoms with Crippen LogP contribution in [-0.2, 0) is 11.2 Å². The van der Waals surface area contributed by atoms with Crippen LogP contribution in [0.25, 0.3) is 0 Å². The Balaban J connectivity index is 1.77. The third-order valence-corrected chi connectivity index (χ3v) is 3.63. The minimum atomic E-state index is 0.0866. The highest BCUT2D eigenvalue weighted by molar-refractivity contribution is 5.78. The van der Waals surface area contributed by atoms with Crippen molar-refractivity contribution >= 4 is 5.91 Å². The zero-order valence-corrected chi connectivity index (χ0v) is 12.2. The Morgan fingerprint density at radius 1 is 1.30 bits per heavy atom. The zero-order chi connectivity index (χ0) is 14.4. The molecule has 0 aromatic heterocycles. The molecule has 0 spiro atoms. The predicted octanol–water partition coefficient (Wildman–Crippen LogP) is 1.97. The number of amides is 1. The first-order chi connectivity index (χ1) is 9.65. The molecule has 4 heteroatoms. The lowest BCUT2D eigenvalue weighted by atomic mass is 10.1. The number of hydrogen-bond acceptors (Lipinski definition) is 3. The van der Waals surface area contributed by atoms with E-state index in [0.717, 1.165) is 44.5 Å². The number of nitrogens with two attached hydrogens (primary N) is 1. The number of hydrogen-bond donors (Lipinski definition) is 1. The van der Waals surface area contributed by atoms with Gasteiger partial charge in [0.15, 0.2) is 6.61 Å². The Hall–Kier alpha value is -1.55. The fourth-order valence-electron chi connectivity index (χ4n) is 2.35. The highest BCUT2D eigenvalue weighted by atomic mass is 16.5. The maximum absolute atomic E-state index is 11.9. The molecule has 110 valence electrons. The number of ether oxygens (including phenoxy) is 1. The molecule has 1 aromatic rings. The lowest BCUT2D eigenvalue weighted by Crippen LogP contribution is -2.32. The van der Waals surface area contributed by atoms with Crippen LogP contribution in [0.3, 0.4) is 0 Å². The summed E-state index contributed by atoms with van der Waals surface area (Å²) in [5, 5.41) is 0. The average Bonchev–Trinajstić information content (AvgIpc) is 2.98. The maximum atomic E-state index is 11.9. The zero-order valence-electron chi connectivity index (χ0n) is 12.2. The fourth-order valence-corrected chi connectivity index (χ4v) is 2.35. The molecule has 2 N–H and O–H groups in total. The quantitative estimate of drug-likeness (QED) is 0.864. The molecule has 1 aromatic carbocycles. The number of nitrogens with zero attached hydrogens (tertiary/aromatic N) is 1. The lowest BCUT2D eigenvalue weighted by Gasteiger charge is -2.15. The Labute approximate surface area is 120 Å². The summed E-state index contributed by atoms with van der Waals surface area (Å²) in [6.07, 6.45) is 4.18. The average molecular weight is 276 g/mol. The van der Waals surface area contributed by atoms with Gasteiger partial charge in [-0.15, -0.1) is 0 Å². The molecule has 1 fully saturated rings. The van der Waals surface area contributed by atoms with Crippen molar-refractivity contribution in [2.24, 2.45) is 5.73 Å². The number of carbonyl (C=O) groups excluding carboxylic acids is 1. The minimum Gasteiger partial charge on any atom is -0.484 e. The van der Waals surface area contributed by atoms with E-state index < -0.39 is 0 Å². The molecular formula is C16H24N2O2. The van der Waals surface area contributed by atoms with Crippen LogP contribution in [0, 0.1) is 0 Å². The largest absolute Gasteiger partial charge is 0.484 e. The van der Waals surface area contributed by atoms with Gasteiger partial charge in [0.25, 0.3) is 5.91 Å². The molecule has 20 heavy (non-hydrogen) atoms. The van der Waals surface area contributed by atoms with Crippen molar-refractivity contribution < 1.29 is 9.53 Å². The van der Waals surface area contributed by atoms with Gasteiger partial charge >= 0.3 is 0 Å². The van der Waals surface area contributed by atoms with E-state index >= 15 is 0 Å². The summed E-state index contributed by atoms with van der Waals surface area (Å²) in [7, 11) is 0.